The largest absolute Gasteiger partial charge is 0.352 e. The van der Waals surface area contributed by atoms with Crippen LogP contribution < -0.4 is 9.62 Å². The van der Waals surface area contributed by atoms with Crippen LogP contribution in [0.15, 0.2) is 48.5 Å². The second-order valence-corrected chi connectivity index (χ2v) is 11.5. The molecule has 0 fully saturated rings. The van der Waals surface area contributed by atoms with E-state index >= 15 is 0 Å². The van der Waals surface area contributed by atoms with Crippen LogP contribution in [0.25, 0.3) is 0 Å². The van der Waals surface area contributed by atoms with Gasteiger partial charge in [-0.3, -0.25) is 13.9 Å². The number of benzene rings is 2. The van der Waals surface area contributed by atoms with Gasteiger partial charge in [-0.05, 0) is 62.4 Å². The molecule has 0 saturated heterocycles. The van der Waals surface area contributed by atoms with E-state index < -0.39 is 16.1 Å². The van der Waals surface area contributed by atoms with Crippen molar-refractivity contribution < 1.29 is 18.0 Å². The minimum absolute atomic E-state index is 0.0637. The first kappa shape index (κ1) is 29.6. The molecule has 198 valence electrons. The van der Waals surface area contributed by atoms with Crippen molar-refractivity contribution in [3.63, 3.8) is 0 Å². The number of halogens is 1. The molecule has 0 spiro atoms. The van der Waals surface area contributed by atoms with Crippen LogP contribution >= 0.6 is 11.6 Å². The lowest BCUT2D eigenvalue weighted by molar-refractivity contribution is -0.141. The molecule has 0 heterocycles. The fourth-order valence-electron chi connectivity index (χ4n) is 4.01. The van der Waals surface area contributed by atoms with E-state index in [0.717, 1.165) is 23.8 Å². The molecule has 2 rings (SSSR count). The van der Waals surface area contributed by atoms with E-state index in [4.69, 9.17) is 11.6 Å². The number of anilines is 1. The van der Waals surface area contributed by atoms with Crippen LogP contribution in [0.2, 0.25) is 5.02 Å². The maximum atomic E-state index is 13.4. The third-order valence-electron chi connectivity index (χ3n) is 5.90. The Hall–Kier alpha value is -2.58. The van der Waals surface area contributed by atoms with E-state index in [-0.39, 0.29) is 37.4 Å². The smallest absolute Gasteiger partial charge is 0.243 e. The average Bonchev–Trinajstić information content (AvgIpc) is 2.81. The van der Waals surface area contributed by atoms with E-state index in [2.05, 4.69) is 5.32 Å². The number of carbonyl (C=O) groups is 2. The Morgan fingerprint density at radius 2 is 1.67 bits per heavy atom. The number of nitrogens with zero attached hydrogens (tertiary/aromatic N) is 2. The topological polar surface area (TPSA) is 86.8 Å². The molecule has 0 aliphatic rings. The molecule has 0 unspecified atom stereocenters. The molecule has 1 N–H and O–H groups in total. The molecule has 7 nitrogen and oxygen atoms in total. The molecule has 0 radical (unpaired) electrons. The Morgan fingerprint density at radius 1 is 1.03 bits per heavy atom. The molecular formula is C27H38ClN3O4S. The lowest BCUT2D eigenvalue weighted by Crippen LogP contribution is -2.50. The first-order valence-electron chi connectivity index (χ1n) is 12.4. The van der Waals surface area contributed by atoms with Gasteiger partial charge < -0.3 is 10.2 Å². The molecule has 0 aliphatic carbocycles. The molecule has 1 atom stereocenters. The highest BCUT2D eigenvalue weighted by atomic mass is 35.5. The van der Waals surface area contributed by atoms with Gasteiger partial charge in [0, 0.05) is 30.6 Å². The fraction of sp³-hybridized carbons (Fsp3) is 0.481. The summed E-state index contributed by atoms with van der Waals surface area (Å²) in [6.07, 6.45) is 2.86. The van der Waals surface area contributed by atoms with Gasteiger partial charge in [-0.25, -0.2) is 8.42 Å². The number of hydrogen-bond donors (Lipinski definition) is 1. The van der Waals surface area contributed by atoms with Gasteiger partial charge in [0.1, 0.15) is 6.04 Å². The van der Waals surface area contributed by atoms with Crippen LogP contribution in [0.5, 0.6) is 0 Å². The quantitative estimate of drug-likeness (QED) is 0.400. The maximum absolute atomic E-state index is 13.4. The van der Waals surface area contributed by atoms with E-state index in [0.29, 0.717) is 23.6 Å². The number of sulfonamides is 1. The van der Waals surface area contributed by atoms with Gasteiger partial charge in [0.05, 0.1) is 11.9 Å². The number of nitrogens with one attached hydrogen (secondary N) is 1. The molecule has 9 heteroatoms. The van der Waals surface area contributed by atoms with Gasteiger partial charge in [0.15, 0.2) is 0 Å². The van der Waals surface area contributed by atoms with Crippen molar-refractivity contribution in [2.45, 2.75) is 72.0 Å². The van der Waals surface area contributed by atoms with Crippen LogP contribution in [0.3, 0.4) is 0 Å². The zero-order chi connectivity index (χ0) is 26.9. The molecule has 2 aromatic rings. The third-order valence-corrected chi connectivity index (χ3v) is 7.46. The van der Waals surface area contributed by atoms with Crippen LogP contribution in [-0.2, 0) is 32.6 Å². The average molecular weight is 536 g/mol. The van der Waals surface area contributed by atoms with Crippen molar-refractivity contribution >= 4 is 39.1 Å². The summed E-state index contributed by atoms with van der Waals surface area (Å²) in [5.41, 5.74) is 2.43. The molecule has 2 amide bonds. The number of hydrogen-bond acceptors (Lipinski definition) is 4. The van der Waals surface area contributed by atoms with E-state index in [1.807, 2.05) is 58.0 Å². The van der Waals surface area contributed by atoms with Crippen LogP contribution in [-0.4, -0.2) is 50.0 Å². The Morgan fingerprint density at radius 3 is 2.19 bits per heavy atom. The van der Waals surface area contributed by atoms with Crippen molar-refractivity contribution in [2.24, 2.45) is 0 Å². The maximum Gasteiger partial charge on any atom is 0.243 e. The number of aryl methyl sites for hydroxylation is 1. The second-order valence-electron chi connectivity index (χ2n) is 9.16. The normalized spacial score (nSPS) is 12.3. The highest BCUT2D eigenvalue weighted by Gasteiger charge is 2.29. The van der Waals surface area contributed by atoms with Gasteiger partial charge in [-0.15, -0.1) is 0 Å². The summed E-state index contributed by atoms with van der Waals surface area (Å²) in [6.45, 7) is 7.99. The number of rotatable bonds is 13. The summed E-state index contributed by atoms with van der Waals surface area (Å²) in [4.78, 5) is 27.9. The Labute approximate surface area is 220 Å². The van der Waals surface area contributed by atoms with Gasteiger partial charge >= 0.3 is 0 Å². The van der Waals surface area contributed by atoms with Crippen molar-refractivity contribution in [1.29, 1.82) is 0 Å². The summed E-state index contributed by atoms with van der Waals surface area (Å²) in [6, 6.07) is 13.9. The molecule has 2 aromatic carbocycles. The fourth-order valence-corrected chi connectivity index (χ4v) is 5.17. The molecule has 36 heavy (non-hydrogen) atoms. The van der Waals surface area contributed by atoms with E-state index in [9.17, 15) is 18.0 Å². The van der Waals surface area contributed by atoms with E-state index in [1.165, 1.54) is 4.31 Å². The van der Waals surface area contributed by atoms with Crippen molar-refractivity contribution in [1.82, 2.24) is 10.2 Å². The molecule has 0 aromatic heterocycles. The summed E-state index contributed by atoms with van der Waals surface area (Å²) >= 11 is 6.36. The van der Waals surface area contributed by atoms with Crippen LogP contribution in [0.4, 0.5) is 5.69 Å². The van der Waals surface area contributed by atoms with Gasteiger partial charge in [0.25, 0.3) is 0 Å². The Balaban J connectivity index is 2.22. The monoisotopic (exact) mass is 535 g/mol. The summed E-state index contributed by atoms with van der Waals surface area (Å²) in [7, 11) is -3.53. The SMILES string of the molecule is CCc1ccc(N(CCCC(=O)N(Cc2ccccc2Cl)[C@H](CC)C(=O)NC(C)C)S(C)(=O)=O)cc1. The predicted octanol–water partition coefficient (Wildman–Crippen LogP) is 4.78. The summed E-state index contributed by atoms with van der Waals surface area (Å²) < 4.78 is 26.3. The van der Waals surface area contributed by atoms with Gasteiger partial charge in [0.2, 0.25) is 21.8 Å². The van der Waals surface area contributed by atoms with E-state index in [1.54, 1.807) is 23.1 Å². The Kier molecular flexibility index (Phi) is 11.2. The van der Waals surface area contributed by atoms with Gasteiger partial charge in [-0.2, -0.15) is 0 Å². The highest BCUT2D eigenvalue weighted by Crippen LogP contribution is 2.22. The first-order valence-corrected chi connectivity index (χ1v) is 14.6. The zero-order valence-corrected chi connectivity index (χ0v) is 23.4. The molecule has 0 bridgehead atoms. The summed E-state index contributed by atoms with van der Waals surface area (Å²) in [5.74, 6) is -0.447. The minimum Gasteiger partial charge on any atom is -0.352 e. The molecule has 0 aliphatic heterocycles. The number of amides is 2. The molecular weight excluding hydrogens is 498 g/mol. The highest BCUT2D eigenvalue weighted by molar-refractivity contribution is 7.92. The lowest BCUT2D eigenvalue weighted by atomic mass is 10.1. The molecule has 0 saturated carbocycles. The minimum atomic E-state index is -3.53. The standard InChI is InChI=1S/C27H38ClN3O4S/c1-6-21-14-16-23(17-15-21)31(36(5,34)35)18-10-13-26(32)30(19-22-11-8-9-12-24(22)28)25(7-2)27(33)29-20(3)4/h8-9,11-12,14-17,20,25H,6-7,10,13,18-19H2,1-5H3,(H,29,33)/t25-/m1/s1. The third kappa shape index (κ3) is 8.52. The van der Waals surface area contributed by atoms with Crippen molar-refractivity contribution in [2.75, 3.05) is 17.1 Å². The predicted molar refractivity (Wildman–Crippen MR) is 147 cm³/mol. The first-order chi connectivity index (χ1) is 17.0. The Bertz CT molecular complexity index is 1120. The second kappa shape index (κ2) is 13.7. The van der Waals surface area contributed by atoms with Crippen molar-refractivity contribution in [3.8, 4) is 0 Å². The van der Waals surface area contributed by atoms with Crippen molar-refractivity contribution in [3.05, 3.63) is 64.7 Å². The zero-order valence-electron chi connectivity index (χ0n) is 21.8. The van der Waals surface area contributed by atoms with Crippen LogP contribution in [0.1, 0.15) is 58.1 Å². The lowest BCUT2D eigenvalue weighted by Gasteiger charge is -2.32. The van der Waals surface area contributed by atoms with Gasteiger partial charge in [-0.1, -0.05) is 55.8 Å². The van der Waals surface area contributed by atoms with Crippen LogP contribution in [0, 0.1) is 0 Å². The number of carbonyl (C=O) groups excluding carboxylic acids is 2. The summed E-state index contributed by atoms with van der Waals surface area (Å²) in [5, 5.41) is 3.42.